The highest BCUT2D eigenvalue weighted by atomic mass is 16.5. The third-order valence-corrected chi connectivity index (χ3v) is 3.02. The molecule has 0 spiro atoms. The molecule has 0 saturated heterocycles. The van der Waals surface area contributed by atoms with Crippen LogP contribution in [0.4, 0.5) is 11.4 Å². The Balaban J connectivity index is 1.83. The Bertz CT molecular complexity index is 672. The summed E-state index contributed by atoms with van der Waals surface area (Å²) < 4.78 is 11.2. The van der Waals surface area contributed by atoms with Gasteiger partial charge in [0.25, 0.3) is 0 Å². The number of anilines is 2. The van der Waals surface area contributed by atoms with Gasteiger partial charge >= 0.3 is 5.97 Å². The zero-order valence-corrected chi connectivity index (χ0v) is 11.2. The molecule has 0 atom stereocenters. The van der Waals surface area contributed by atoms with E-state index in [4.69, 9.17) is 14.6 Å². The van der Waals surface area contributed by atoms with Crippen LogP contribution in [0.15, 0.2) is 36.5 Å². The second-order valence-electron chi connectivity index (χ2n) is 4.57. The molecular weight excluding hydrogens is 272 g/mol. The molecule has 6 nitrogen and oxygen atoms in total. The van der Waals surface area contributed by atoms with Gasteiger partial charge in [-0.3, -0.25) is 0 Å². The van der Waals surface area contributed by atoms with Crippen molar-refractivity contribution in [2.24, 2.45) is 0 Å². The first-order valence-corrected chi connectivity index (χ1v) is 6.58. The lowest BCUT2D eigenvalue weighted by Crippen LogP contribution is -2.01. The first-order valence-electron chi connectivity index (χ1n) is 6.58. The SMILES string of the molecule is O=C(O)c1cc(Nc2ccc3c(c2)OCCCO3)ccn1. The summed E-state index contributed by atoms with van der Waals surface area (Å²) in [5.41, 5.74) is 1.44. The molecule has 1 aliphatic heterocycles. The van der Waals surface area contributed by atoms with Gasteiger partial charge in [-0.05, 0) is 24.3 Å². The number of benzene rings is 1. The zero-order valence-electron chi connectivity index (χ0n) is 11.2. The van der Waals surface area contributed by atoms with Crippen LogP contribution in [0.5, 0.6) is 11.5 Å². The van der Waals surface area contributed by atoms with Gasteiger partial charge in [-0.2, -0.15) is 0 Å². The van der Waals surface area contributed by atoms with Gasteiger partial charge in [-0.25, -0.2) is 9.78 Å². The lowest BCUT2D eigenvalue weighted by Gasteiger charge is -2.11. The lowest BCUT2D eigenvalue weighted by atomic mass is 10.2. The lowest BCUT2D eigenvalue weighted by molar-refractivity contribution is 0.0690. The molecule has 6 heteroatoms. The van der Waals surface area contributed by atoms with Crippen LogP contribution in [-0.4, -0.2) is 29.3 Å². The molecule has 0 saturated carbocycles. The van der Waals surface area contributed by atoms with Crippen LogP contribution in [0.25, 0.3) is 0 Å². The summed E-state index contributed by atoms with van der Waals surface area (Å²) in [5, 5.41) is 12.1. The van der Waals surface area contributed by atoms with Crippen LogP contribution in [0.3, 0.4) is 0 Å². The summed E-state index contributed by atoms with van der Waals surface area (Å²) in [6, 6.07) is 8.71. The largest absolute Gasteiger partial charge is 0.490 e. The third kappa shape index (κ3) is 3.05. The van der Waals surface area contributed by atoms with Crippen molar-refractivity contribution in [3.8, 4) is 11.5 Å². The van der Waals surface area contributed by atoms with Gasteiger partial charge in [0.1, 0.15) is 5.69 Å². The van der Waals surface area contributed by atoms with Crippen molar-refractivity contribution < 1.29 is 19.4 Å². The number of hydrogen-bond donors (Lipinski definition) is 2. The molecule has 2 N–H and O–H groups in total. The smallest absolute Gasteiger partial charge is 0.354 e. The molecule has 1 aromatic carbocycles. The minimum absolute atomic E-state index is 0.00524. The molecular formula is C15H14N2O4. The Morgan fingerprint density at radius 1 is 1.10 bits per heavy atom. The molecule has 21 heavy (non-hydrogen) atoms. The number of fused-ring (bicyclic) bond motifs is 1. The van der Waals surface area contributed by atoms with E-state index in [0.29, 0.717) is 24.7 Å². The number of nitrogens with zero attached hydrogens (tertiary/aromatic N) is 1. The van der Waals surface area contributed by atoms with E-state index in [1.54, 1.807) is 6.07 Å². The number of ether oxygens (including phenoxy) is 2. The summed E-state index contributed by atoms with van der Waals surface area (Å²) in [5.74, 6) is 0.348. The number of aromatic nitrogens is 1. The van der Waals surface area contributed by atoms with E-state index in [-0.39, 0.29) is 5.69 Å². The number of carboxylic acids is 1. The molecule has 3 rings (SSSR count). The summed E-state index contributed by atoms with van der Waals surface area (Å²) in [7, 11) is 0. The van der Waals surface area contributed by atoms with Crippen LogP contribution in [0.2, 0.25) is 0 Å². The molecule has 1 aliphatic rings. The van der Waals surface area contributed by atoms with E-state index in [9.17, 15) is 4.79 Å². The Kier molecular flexibility index (Phi) is 3.59. The van der Waals surface area contributed by atoms with Crippen LogP contribution < -0.4 is 14.8 Å². The highest BCUT2D eigenvalue weighted by Gasteiger charge is 2.11. The van der Waals surface area contributed by atoms with Gasteiger partial charge in [-0.1, -0.05) is 0 Å². The van der Waals surface area contributed by atoms with E-state index in [2.05, 4.69) is 10.3 Å². The van der Waals surface area contributed by atoms with Crippen molar-refractivity contribution in [1.82, 2.24) is 4.98 Å². The van der Waals surface area contributed by atoms with E-state index >= 15 is 0 Å². The van der Waals surface area contributed by atoms with Gasteiger partial charge in [0.05, 0.1) is 13.2 Å². The Hall–Kier alpha value is -2.76. The number of pyridine rings is 1. The van der Waals surface area contributed by atoms with E-state index in [1.807, 2.05) is 18.2 Å². The average molecular weight is 286 g/mol. The number of hydrogen-bond acceptors (Lipinski definition) is 5. The van der Waals surface area contributed by atoms with Gasteiger partial charge < -0.3 is 19.9 Å². The Labute approximate surface area is 121 Å². The summed E-state index contributed by atoms with van der Waals surface area (Å²) in [4.78, 5) is 14.7. The predicted molar refractivity (Wildman–Crippen MR) is 76.5 cm³/mol. The summed E-state index contributed by atoms with van der Waals surface area (Å²) in [6.07, 6.45) is 2.30. The molecule has 2 heterocycles. The standard InChI is InChI=1S/C15H14N2O4/c18-15(19)12-8-11(4-5-16-12)17-10-2-3-13-14(9-10)21-7-1-6-20-13/h2-5,8-9H,1,6-7H2,(H,16,17)(H,18,19). The number of carboxylic acid groups (broad SMARTS) is 1. The molecule has 0 bridgehead atoms. The molecule has 0 amide bonds. The van der Waals surface area contributed by atoms with Crippen molar-refractivity contribution in [2.75, 3.05) is 18.5 Å². The average Bonchev–Trinajstić information content (AvgIpc) is 2.72. The maximum atomic E-state index is 10.9. The number of rotatable bonds is 3. The molecule has 0 radical (unpaired) electrons. The number of carbonyl (C=O) groups is 1. The van der Waals surface area contributed by atoms with Crippen molar-refractivity contribution in [1.29, 1.82) is 0 Å². The minimum Gasteiger partial charge on any atom is -0.490 e. The molecule has 1 aromatic heterocycles. The number of nitrogens with one attached hydrogen (secondary N) is 1. The Morgan fingerprint density at radius 3 is 2.67 bits per heavy atom. The van der Waals surface area contributed by atoms with Gasteiger partial charge in [0.2, 0.25) is 0 Å². The maximum Gasteiger partial charge on any atom is 0.354 e. The van der Waals surface area contributed by atoms with Crippen LogP contribution in [0, 0.1) is 0 Å². The number of aromatic carboxylic acids is 1. The zero-order chi connectivity index (χ0) is 14.7. The van der Waals surface area contributed by atoms with Crippen molar-refractivity contribution in [3.05, 3.63) is 42.2 Å². The highest BCUT2D eigenvalue weighted by Crippen LogP contribution is 2.33. The second-order valence-corrected chi connectivity index (χ2v) is 4.57. The van der Waals surface area contributed by atoms with Gasteiger partial charge in [0, 0.05) is 30.1 Å². The van der Waals surface area contributed by atoms with Crippen LogP contribution in [0.1, 0.15) is 16.9 Å². The molecule has 108 valence electrons. The summed E-state index contributed by atoms with van der Waals surface area (Å²) >= 11 is 0. The van der Waals surface area contributed by atoms with Crippen LogP contribution >= 0.6 is 0 Å². The van der Waals surface area contributed by atoms with E-state index in [1.165, 1.54) is 12.3 Å². The van der Waals surface area contributed by atoms with E-state index in [0.717, 1.165) is 17.9 Å². The molecule has 0 fully saturated rings. The predicted octanol–water partition coefficient (Wildman–Crippen LogP) is 2.68. The minimum atomic E-state index is -1.06. The quantitative estimate of drug-likeness (QED) is 0.903. The Morgan fingerprint density at radius 2 is 1.86 bits per heavy atom. The first kappa shape index (κ1) is 13.2. The van der Waals surface area contributed by atoms with Crippen LogP contribution in [-0.2, 0) is 0 Å². The van der Waals surface area contributed by atoms with Gasteiger partial charge in [0.15, 0.2) is 11.5 Å². The second kappa shape index (κ2) is 5.70. The highest BCUT2D eigenvalue weighted by molar-refractivity contribution is 5.86. The normalized spacial score (nSPS) is 13.3. The maximum absolute atomic E-state index is 10.9. The van der Waals surface area contributed by atoms with Crippen molar-refractivity contribution in [3.63, 3.8) is 0 Å². The van der Waals surface area contributed by atoms with Crippen molar-refractivity contribution in [2.45, 2.75) is 6.42 Å². The third-order valence-electron chi connectivity index (χ3n) is 3.02. The summed E-state index contributed by atoms with van der Waals surface area (Å²) in [6.45, 7) is 1.26. The van der Waals surface area contributed by atoms with Gasteiger partial charge in [-0.15, -0.1) is 0 Å². The fourth-order valence-electron chi connectivity index (χ4n) is 2.03. The van der Waals surface area contributed by atoms with E-state index < -0.39 is 5.97 Å². The van der Waals surface area contributed by atoms with Crippen molar-refractivity contribution >= 4 is 17.3 Å². The molecule has 0 unspecified atom stereocenters. The fraction of sp³-hybridized carbons (Fsp3) is 0.200. The fourth-order valence-corrected chi connectivity index (χ4v) is 2.03. The monoisotopic (exact) mass is 286 g/mol. The molecule has 2 aromatic rings. The topological polar surface area (TPSA) is 80.7 Å². The molecule has 0 aliphatic carbocycles. The first-order chi connectivity index (χ1) is 10.2.